The number of hydrogen-bond donors (Lipinski definition) is 1. The van der Waals surface area contributed by atoms with Gasteiger partial charge in [0.1, 0.15) is 17.0 Å². The van der Waals surface area contributed by atoms with Crippen molar-refractivity contribution in [1.82, 2.24) is 4.98 Å². The summed E-state index contributed by atoms with van der Waals surface area (Å²) in [6.07, 6.45) is 1.08. The van der Waals surface area contributed by atoms with Gasteiger partial charge in [-0.2, -0.15) is 0 Å². The molecule has 4 aromatic rings. The van der Waals surface area contributed by atoms with E-state index in [2.05, 4.69) is 24.1 Å². The third-order valence-corrected chi connectivity index (χ3v) is 5.42. The van der Waals surface area contributed by atoms with Crippen molar-refractivity contribution in [1.29, 1.82) is 0 Å². The van der Waals surface area contributed by atoms with Gasteiger partial charge in [-0.05, 0) is 66.4 Å². The molecule has 0 aliphatic carbocycles. The molecule has 0 saturated carbocycles. The van der Waals surface area contributed by atoms with Crippen LogP contribution in [0, 0.1) is 0 Å². The quantitative estimate of drug-likeness (QED) is 0.369. The number of amides is 1. The smallest absolute Gasteiger partial charge is 0.262 e. The fraction of sp³-hybridized carbons (Fsp3) is 0.231. The number of methoxy groups -OCH3 is 1. The summed E-state index contributed by atoms with van der Waals surface area (Å²) in [6, 6.07) is 20.7. The van der Waals surface area contributed by atoms with Gasteiger partial charge < -0.3 is 19.2 Å². The molecule has 1 heterocycles. The second-order valence-corrected chi connectivity index (χ2v) is 7.65. The molecule has 32 heavy (non-hydrogen) atoms. The van der Waals surface area contributed by atoms with Crippen molar-refractivity contribution in [2.24, 2.45) is 0 Å². The van der Waals surface area contributed by atoms with E-state index in [9.17, 15) is 4.79 Å². The summed E-state index contributed by atoms with van der Waals surface area (Å²) in [5.41, 5.74) is 4.00. The SMILES string of the molecule is CCC(C)c1ccc(OCC(=O)Nc2ccc3oc(-c4cccc(OC)c4)nc3c2)cc1. The summed E-state index contributed by atoms with van der Waals surface area (Å²) < 4.78 is 16.7. The van der Waals surface area contributed by atoms with Crippen molar-refractivity contribution in [3.8, 4) is 23.0 Å². The van der Waals surface area contributed by atoms with E-state index in [-0.39, 0.29) is 12.5 Å². The first-order chi connectivity index (χ1) is 15.6. The van der Waals surface area contributed by atoms with Crippen LogP contribution in [0.1, 0.15) is 31.7 Å². The molecule has 1 N–H and O–H groups in total. The van der Waals surface area contributed by atoms with Crippen LogP contribution in [0.25, 0.3) is 22.6 Å². The lowest BCUT2D eigenvalue weighted by atomic mass is 9.99. The topological polar surface area (TPSA) is 73.6 Å². The largest absolute Gasteiger partial charge is 0.497 e. The van der Waals surface area contributed by atoms with E-state index < -0.39 is 0 Å². The van der Waals surface area contributed by atoms with E-state index in [4.69, 9.17) is 13.9 Å². The van der Waals surface area contributed by atoms with Crippen LogP contribution >= 0.6 is 0 Å². The molecule has 0 spiro atoms. The number of fused-ring (bicyclic) bond motifs is 1. The molecule has 0 fully saturated rings. The molecule has 0 radical (unpaired) electrons. The Labute approximate surface area is 187 Å². The number of carbonyl (C=O) groups is 1. The van der Waals surface area contributed by atoms with Gasteiger partial charge in [-0.25, -0.2) is 4.98 Å². The molecule has 4 rings (SSSR count). The van der Waals surface area contributed by atoms with Gasteiger partial charge >= 0.3 is 0 Å². The molecule has 3 aromatic carbocycles. The van der Waals surface area contributed by atoms with Crippen LogP contribution in [0.5, 0.6) is 11.5 Å². The molecular formula is C26H26N2O4. The normalized spacial score (nSPS) is 11.8. The number of anilines is 1. The predicted molar refractivity (Wildman–Crippen MR) is 125 cm³/mol. The average Bonchev–Trinajstić information content (AvgIpc) is 3.26. The molecule has 0 saturated heterocycles. The standard InChI is InChI=1S/C26H26N2O4/c1-4-17(2)18-8-11-21(12-9-18)31-16-25(29)27-20-10-13-24-23(15-20)28-26(32-24)19-6-5-7-22(14-19)30-3/h5-15,17H,4,16H2,1-3H3,(H,27,29). The third kappa shape index (κ3) is 4.91. The third-order valence-electron chi connectivity index (χ3n) is 5.42. The monoisotopic (exact) mass is 430 g/mol. The number of benzene rings is 3. The van der Waals surface area contributed by atoms with Gasteiger partial charge in [0.15, 0.2) is 12.2 Å². The Hall–Kier alpha value is -3.80. The van der Waals surface area contributed by atoms with Crippen molar-refractivity contribution in [3.05, 3.63) is 72.3 Å². The highest BCUT2D eigenvalue weighted by atomic mass is 16.5. The maximum atomic E-state index is 12.3. The van der Waals surface area contributed by atoms with Gasteiger partial charge in [0.2, 0.25) is 5.89 Å². The van der Waals surface area contributed by atoms with Gasteiger partial charge in [0, 0.05) is 11.3 Å². The van der Waals surface area contributed by atoms with Crippen molar-refractivity contribution < 1.29 is 18.7 Å². The molecule has 1 atom stereocenters. The maximum absolute atomic E-state index is 12.3. The van der Waals surface area contributed by atoms with Crippen molar-refractivity contribution in [2.45, 2.75) is 26.2 Å². The van der Waals surface area contributed by atoms with Crippen LogP contribution in [0.2, 0.25) is 0 Å². The summed E-state index contributed by atoms with van der Waals surface area (Å²) in [7, 11) is 1.62. The zero-order valence-electron chi connectivity index (χ0n) is 18.4. The number of rotatable bonds is 8. The summed E-state index contributed by atoms with van der Waals surface area (Å²) in [5.74, 6) is 2.15. The van der Waals surface area contributed by atoms with Crippen LogP contribution in [-0.4, -0.2) is 24.6 Å². The summed E-state index contributed by atoms with van der Waals surface area (Å²) in [6.45, 7) is 4.28. The molecule has 1 unspecified atom stereocenters. The van der Waals surface area contributed by atoms with E-state index >= 15 is 0 Å². The number of hydrogen-bond acceptors (Lipinski definition) is 5. The predicted octanol–water partition coefficient (Wildman–Crippen LogP) is 6.03. The lowest BCUT2D eigenvalue weighted by Gasteiger charge is -2.11. The highest BCUT2D eigenvalue weighted by molar-refractivity contribution is 5.94. The Balaban J connectivity index is 1.40. The number of nitrogens with zero attached hydrogens (tertiary/aromatic N) is 1. The summed E-state index contributed by atoms with van der Waals surface area (Å²) in [5, 5.41) is 2.84. The number of nitrogens with one attached hydrogen (secondary N) is 1. The Morgan fingerprint density at radius 1 is 1.06 bits per heavy atom. The Kier molecular flexibility index (Phi) is 6.40. The zero-order chi connectivity index (χ0) is 22.5. The van der Waals surface area contributed by atoms with Gasteiger partial charge in [-0.15, -0.1) is 0 Å². The van der Waals surface area contributed by atoms with E-state index in [1.165, 1.54) is 5.56 Å². The van der Waals surface area contributed by atoms with Gasteiger partial charge in [0.05, 0.1) is 7.11 Å². The van der Waals surface area contributed by atoms with Crippen LogP contribution in [0.3, 0.4) is 0 Å². The minimum absolute atomic E-state index is 0.0748. The highest BCUT2D eigenvalue weighted by Crippen LogP contribution is 2.28. The number of aromatic nitrogens is 1. The Morgan fingerprint density at radius 2 is 1.88 bits per heavy atom. The van der Waals surface area contributed by atoms with E-state index in [0.29, 0.717) is 34.3 Å². The molecule has 6 heteroatoms. The van der Waals surface area contributed by atoms with E-state index in [1.54, 1.807) is 25.3 Å². The van der Waals surface area contributed by atoms with Gasteiger partial charge in [-0.3, -0.25) is 4.79 Å². The minimum Gasteiger partial charge on any atom is -0.497 e. The summed E-state index contributed by atoms with van der Waals surface area (Å²) in [4.78, 5) is 16.9. The second-order valence-electron chi connectivity index (χ2n) is 7.65. The van der Waals surface area contributed by atoms with Crippen LogP contribution in [0.4, 0.5) is 5.69 Å². The first kappa shape index (κ1) is 21.4. The number of ether oxygens (including phenoxy) is 2. The van der Waals surface area contributed by atoms with Crippen LogP contribution < -0.4 is 14.8 Å². The number of carbonyl (C=O) groups excluding carboxylic acids is 1. The van der Waals surface area contributed by atoms with E-state index in [1.807, 2.05) is 48.5 Å². The molecule has 0 bridgehead atoms. The van der Waals surface area contributed by atoms with Crippen LogP contribution in [0.15, 0.2) is 71.1 Å². The van der Waals surface area contributed by atoms with Crippen molar-refractivity contribution in [3.63, 3.8) is 0 Å². The Bertz CT molecular complexity index is 1210. The lowest BCUT2D eigenvalue weighted by molar-refractivity contribution is -0.118. The Morgan fingerprint density at radius 3 is 2.62 bits per heavy atom. The minimum atomic E-state index is -0.244. The first-order valence-electron chi connectivity index (χ1n) is 10.6. The zero-order valence-corrected chi connectivity index (χ0v) is 18.4. The van der Waals surface area contributed by atoms with Crippen LogP contribution in [-0.2, 0) is 4.79 Å². The van der Waals surface area contributed by atoms with Gasteiger partial charge in [0.25, 0.3) is 5.91 Å². The van der Waals surface area contributed by atoms with Crippen molar-refractivity contribution in [2.75, 3.05) is 19.0 Å². The lowest BCUT2D eigenvalue weighted by Crippen LogP contribution is -2.20. The van der Waals surface area contributed by atoms with E-state index in [0.717, 1.165) is 17.7 Å². The average molecular weight is 431 g/mol. The molecule has 0 aliphatic heterocycles. The molecule has 1 aromatic heterocycles. The molecule has 6 nitrogen and oxygen atoms in total. The molecule has 0 aliphatic rings. The second kappa shape index (κ2) is 9.56. The summed E-state index contributed by atoms with van der Waals surface area (Å²) >= 11 is 0. The first-order valence-corrected chi connectivity index (χ1v) is 10.6. The highest BCUT2D eigenvalue weighted by Gasteiger charge is 2.11. The van der Waals surface area contributed by atoms with Crippen molar-refractivity contribution >= 4 is 22.7 Å². The fourth-order valence-electron chi connectivity index (χ4n) is 3.36. The maximum Gasteiger partial charge on any atom is 0.262 e. The fourth-order valence-corrected chi connectivity index (χ4v) is 3.36. The molecular weight excluding hydrogens is 404 g/mol. The molecule has 1 amide bonds. The van der Waals surface area contributed by atoms with Gasteiger partial charge in [-0.1, -0.05) is 32.0 Å². The molecule has 164 valence electrons. The number of oxazole rings is 1.